The fraction of sp³-hybridized carbons (Fsp3) is 0.417. The fourth-order valence-corrected chi connectivity index (χ4v) is 4.94. The lowest BCUT2D eigenvalue weighted by Crippen LogP contribution is -2.55. The molecule has 0 aliphatic carbocycles. The van der Waals surface area contributed by atoms with Gasteiger partial charge in [0.1, 0.15) is 11.6 Å². The van der Waals surface area contributed by atoms with Gasteiger partial charge in [0.2, 0.25) is 0 Å². The summed E-state index contributed by atoms with van der Waals surface area (Å²) in [6.45, 7) is 2.63. The van der Waals surface area contributed by atoms with Crippen molar-refractivity contribution in [2.75, 3.05) is 18.2 Å². The molecule has 0 bridgehead atoms. The molecule has 0 spiro atoms. The number of hydrogen-bond acceptors (Lipinski definition) is 6. The van der Waals surface area contributed by atoms with Crippen LogP contribution < -0.4 is 5.32 Å². The molecule has 8 nitrogen and oxygen atoms in total. The molecular formula is C24H25F3N2O6S. The van der Waals surface area contributed by atoms with Gasteiger partial charge in [-0.15, -0.1) is 0 Å². The number of carbonyl (C=O) groups excluding carboxylic acids is 2. The Hall–Kier alpha value is -2.96. The molecule has 2 aliphatic heterocycles. The number of hydrogen-bond donors (Lipinski definition) is 2. The first-order valence-corrected chi connectivity index (χ1v) is 12.9. The highest BCUT2D eigenvalue weighted by Crippen LogP contribution is 2.41. The predicted octanol–water partition coefficient (Wildman–Crippen LogP) is 3.06. The third-order valence-electron chi connectivity index (χ3n) is 6.72. The van der Waals surface area contributed by atoms with Gasteiger partial charge in [-0.1, -0.05) is 18.2 Å². The maximum Gasteiger partial charge on any atom is 0.421 e. The van der Waals surface area contributed by atoms with E-state index in [1.807, 2.05) is 0 Å². The van der Waals surface area contributed by atoms with E-state index in [-0.39, 0.29) is 17.1 Å². The van der Waals surface area contributed by atoms with Crippen LogP contribution in [0.1, 0.15) is 43.0 Å². The largest absolute Gasteiger partial charge is 0.421 e. The van der Waals surface area contributed by atoms with Crippen LogP contribution in [-0.2, 0) is 36.3 Å². The molecule has 2 heterocycles. The fourth-order valence-electron chi connectivity index (χ4n) is 4.26. The Morgan fingerprint density at radius 2 is 1.78 bits per heavy atom. The van der Waals surface area contributed by atoms with E-state index >= 15 is 0 Å². The highest BCUT2D eigenvalue weighted by molar-refractivity contribution is 7.90. The highest BCUT2D eigenvalue weighted by Gasteiger charge is 2.51. The Balaban J connectivity index is 1.64. The van der Waals surface area contributed by atoms with E-state index in [4.69, 9.17) is 4.74 Å². The number of ether oxygens (including phenoxy) is 1. The number of nitrogens with one attached hydrogen (secondary N) is 1. The van der Waals surface area contributed by atoms with Crippen LogP contribution in [0.3, 0.4) is 0 Å². The van der Waals surface area contributed by atoms with E-state index in [0.29, 0.717) is 31.1 Å². The highest BCUT2D eigenvalue weighted by atomic mass is 32.2. The summed E-state index contributed by atoms with van der Waals surface area (Å²) in [7, 11) is -3.53. The van der Waals surface area contributed by atoms with Crippen LogP contribution >= 0.6 is 0 Å². The smallest absolute Gasteiger partial charge is 0.376 e. The van der Waals surface area contributed by atoms with Crippen LogP contribution in [0.25, 0.3) is 0 Å². The van der Waals surface area contributed by atoms with Crippen LogP contribution in [0.4, 0.5) is 18.9 Å². The Bertz CT molecular complexity index is 1320. The maximum atomic E-state index is 13.4. The molecule has 1 saturated heterocycles. The minimum Gasteiger partial charge on any atom is -0.376 e. The minimum atomic E-state index is -4.89. The van der Waals surface area contributed by atoms with Crippen molar-refractivity contribution in [3.05, 3.63) is 59.2 Å². The summed E-state index contributed by atoms with van der Waals surface area (Å²) in [5.41, 5.74) is -3.50. The molecule has 36 heavy (non-hydrogen) atoms. The Labute approximate surface area is 206 Å². The molecule has 4 rings (SSSR count). The lowest BCUT2D eigenvalue weighted by atomic mass is 9.94. The number of rotatable bonds is 5. The number of amides is 2. The lowest BCUT2D eigenvalue weighted by molar-refractivity contribution is -0.258. The summed E-state index contributed by atoms with van der Waals surface area (Å²) in [4.78, 5) is 28.0. The lowest BCUT2D eigenvalue weighted by Gasteiger charge is -2.41. The molecule has 12 heteroatoms. The molecule has 2 aromatic carbocycles. The zero-order chi connectivity index (χ0) is 26.7. The number of fused-ring (bicyclic) bond motifs is 1. The summed E-state index contributed by atoms with van der Waals surface area (Å²) in [6.07, 6.45) is -3.38. The first-order chi connectivity index (χ1) is 16.5. The van der Waals surface area contributed by atoms with Gasteiger partial charge in [-0.25, -0.2) is 8.42 Å². The van der Waals surface area contributed by atoms with E-state index in [1.165, 1.54) is 35.2 Å². The van der Waals surface area contributed by atoms with Gasteiger partial charge in [0.25, 0.3) is 11.8 Å². The van der Waals surface area contributed by atoms with Crippen LogP contribution in [-0.4, -0.2) is 54.9 Å². The minimum absolute atomic E-state index is 0.0120. The summed E-state index contributed by atoms with van der Waals surface area (Å²) < 4.78 is 68.8. The molecule has 3 atom stereocenters. The van der Waals surface area contributed by atoms with Crippen molar-refractivity contribution in [2.45, 2.75) is 55.1 Å². The predicted molar refractivity (Wildman–Crippen MR) is 123 cm³/mol. The molecule has 3 unspecified atom stereocenters. The van der Waals surface area contributed by atoms with Crippen LogP contribution in [0, 0.1) is 0 Å². The van der Waals surface area contributed by atoms with Crippen molar-refractivity contribution in [3.8, 4) is 0 Å². The van der Waals surface area contributed by atoms with Gasteiger partial charge in [-0.3, -0.25) is 9.59 Å². The Morgan fingerprint density at radius 1 is 1.17 bits per heavy atom. The zero-order valence-corrected chi connectivity index (χ0v) is 20.5. The summed E-state index contributed by atoms with van der Waals surface area (Å²) >= 11 is 0. The van der Waals surface area contributed by atoms with Crippen molar-refractivity contribution in [2.24, 2.45) is 0 Å². The van der Waals surface area contributed by atoms with E-state index in [2.05, 4.69) is 5.32 Å². The summed E-state index contributed by atoms with van der Waals surface area (Å²) in [6, 6.07) is 7.70. The monoisotopic (exact) mass is 526 g/mol. The molecule has 2 amide bonds. The number of carbonyl (C=O) groups is 2. The molecule has 0 saturated carbocycles. The molecule has 194 valence electrons. The van der Waals surface area contributed by atoms with E-state index in [0.717, 1.165) is 18.4 Å². The first kappa shape index (κ1) is 26.1. The average molecular weight is 527 g/mol. The molecule has 0 aromatic heterocycles. The quantitative estimate of drug-likeness (QED) is 0.619. The zero-order valence-electron chi connectivity index (χ0n) is 19.7. The van der Waals surface area contributed by atoms with Gasteiger partial charge in [0.15, 0.2) is 15.4 Å². The second kappa shape index (κ2) is 8.56. The van der Waals surface area contributed by atoms with Crippen molar-refractivity contribution < 1.29 is 41.0 Å². The van der Waals surface area contributed by atoms with Crippen molar-refractivity contribution in [1.29, 1.82) is 0 Å². The number of alkyl halides is 3. The van der Waals surface area contributed by atoms with Crippen LogP contribution in [0.15, 0.2) is 47.4 Å². The topological polar surface area (TPSA) is 113 Å². The maximum absolute atomic E-state index is 13.4. The number of anilines is 1. The van der Waals surface area contributed by atoms with Crippen molar-refractivity contribution >= 4 is 27.3 Å². The SMILES string of the molecule is CC1(C(=O)N2Cc3cc(S(C)(=O)=O)ccc3C2C(=O)Nc2ccc(C(C)(O)C(F)(F)F)cc2)CCO1. The normalized spacial score (nSPS) is 23.4. The van der Waals surface area contributed by atoms with E-state index in [1.54, 1.807) is 6.92 Å². The third-order valence-corrected chi connectivity index (χ3v) is 7.83. The third kappa shape index (κ3) is 4.48. The first-order valence-electron chi connectivity index (χ1n) is 11.0. The molecule has 0 radical (unpaired) electrons. The Kier molecular flexibility index (Phi) is 6.21. The van der Waals surface area contributed by atoms with Gasteiger partial charge in [-0.2, -0.15) is 13.2 Å². The average Bonchev–Trinajstić information content (AvgIpc) is 3.14. The number of nitrogens with zero attached hydrogens (tertiary/aromatic N) is 1. The van der Waals surface area contributed by atoms with Crippen LogP contribution in [0.5, 0.6) is 0 Å². The van der Waals surface area contributed by atoms with Gasteiger partial charge in [-0.05, 0) is 54.8 Å². The number of sulfone groups is 1. The van der Waals surface area contributed by atoms with Gasteiger partial charge < -0.3 is 20.1 Å². The van der Waals surface area contributed by atoms with Crippen LogP contribution in [0.2, 0.25) is 0 Å². The number of halogens is 3. The number of benzene rings is 2. The van der Waals surface area contributed by atoms with E-state index < -0.39 is 50.6 Å². The molecule has 2 aliphatic rings. The van der Waals surface area contributed by atoms with Crippen molar-refractivity contribution in [3.63, 3.8) is 0 Å². The van der Waals surface area contributed by atoms with Gasteiger partial charge >= 0.3 is 6.18 Å². The second-order valence-electron chi connectivity index (χ2n) is 9.43. The Morgan fingerprint density at radius 3 is 2.28 bits per heavy atom. The van der Waals surface area contributed by atoms with Crippen molar-refractivity contribution in [1.82, 2.24) is 4.90 Å². The molecule has 2 aromatic rings. The van der Waals surface area contributed by atoms with E-state index in [9.17, 15) is 36.3 Å². The molecule has 2 N–H and O–H groups in total. The summed E-state index contributed by atoms with van der Waals surface area (Å²) in [5, 5.41) is 12.5. The molecular weight excluding hydrogens is 501 g/mol. The summed E-state index contributed by atoms with van der Waals surface area (Å²) in [5.74, 6) is -1.06. The van der Waals surface area contributed by atoms with Gasteiger partial charge in [0.05, 0.1) is 11.5 Å². The number of aliphatic hydroxyl groups is 1. The second-order valence-corrected chi connectivity index (χ2v) is 11.5. The van der Waals surface area contributed by atoms with Gasteiger partial charge in [0, 0.05) is 24.9 Å². The standard InChI is InChI=1S/C24H25F3N2O6S/c1-22(10-11-35-22)21(31)29-13-14-12-17(36(3,33)34)8-9-18(14)19(29)20(30)28-16-6-4-15(5-7-16)23(2,32)24(25,26)27/h4-9,12,19,32H,10-11,13H2,1-3H3,(H,28,30). The molecule has 1 fully saturated rings.